The lowest BCUT2D eigenvalue weighted by molar-refractivity contribution is -0.138. The van der Waals surface area contributed by atoms with Crippen LogP contribution in [0.15, 0.2) is 48.5 Å². The van der Waals surface area contributed by atoms with Gasteiger partial charge >= 0.3 is 6.09 Å². The Kier molecular flexibility index (Phi) is 4.66. The van der Waals surface area contributed by atoms with Crippen LogP contribution in [0.3, 0.4) is 0 Å². The first kappa shape index (κ1) is 20.4. The highest BCUT2D eigenvalue weighted by molar-refractivity contribution is 6.31. The van der Waals surface area contributed by atoms with Gasteiger partial charge in [-0.15, -0.1) is 0 Å². The van der Waals surface area contributed by atoms with Crippen LogP contribution in [-0.2, 0) is 19.9 Å². The summed E-state index contributed by atoms with van der Waals surface area (Å²) in [5.74, 6) is -1.46. The first-order valence-electron chi connectivity index (χ1n) is 9.77. The molecule has 1 saturated heterocycles. The van der Waals surface area contributed by atoms with Crippen molar-refractivity contribution < 1.29 is 19.1 Å². The second kappa shape index (κ2) is 6.84. The van der Waals surface area contributed by atoms with Gasteiger partial charge in [0.15, 0.2) is 5.54 Å². The van der Waals surface area contributed by atoms with Crippen molar-refractivity contribution in [2.45, 2.75) is 44.2 Å². The molecule has 2 atom stereocenters. The number of ether oxygens (including phenoxy) is 1. The van der Waals surface area contributed by atoms with Gasteiger partial charge in [-0.1, -0.05) is 48.0 Å². The highest BCUT2D eigenvalue weighted by Crippen LogP contribution is 2.57. The average molecular weight is 427 g/mol. The van der Waals surface area contributed by atoms with Crippen LogP contribution in [0, 0.1) is 0 Å². The molecule has 0 aliphatic carbocycles. The molecule has 1 fully saturated rings. The van der Waals surface area contributed by atoms with Gasteiger partial charge in [-0.3, -0.25) is 9.59 Å². The van der Waals surface area contributed by atoms with E-state index in [1.807, 2.05) is 18.2 Å². The minimum absolute atomic E-state index is 0.0309. The van der Waals surface area contributed by atoms with E-state index in [1.165, 1.54) is 4.90 Å². The Balaban J connectivity index is 1.99. The number of para-hydroxylation sites is 1. The minimum atomic E-state index is -1.55. The van der Waals surface area contributed by atoms with E-state index in [0.29, 0.717) is 21.8 Å². The number of imide groups is 1. The highest BCUT2D eigenvalue weighted by Gasteiger charge is 2.67. The molecule has 2 heterocycles. The van der Waals surface area contributed by atoms with E-state index in [0.717, 1.165) is 4.90 Å². The van der Waals surface area contributed by atoms with Gasteiger partial charge in [-0.25, -0.2) is 9.69 Å². The number of likely N-dealkylation sites (tertiary alicyclic amines) is 1. The Morgan fingerprint density at radius 3 is 2.40 bits per heavy atom. The summed E-state index contributed by atoms with van der Waals surface area (Å²) in [6, 6.07) is 14.3. The average Bonchev–Trinajstić information content (AvgIpc) is 3.09. The lowest BCUT2D eigenvalue weighted by Crippen LogP contribution is -2.55. The number of fused-ring (bicyclic) bond motifs is 2. The molecule has 0 aromatic heterocycles. The summed E-state index contributed by atoms with van der Waals surface area (Å²) in [7, 11) is 1.65. The number of rotatable bonds is 1. The zero-order chi connectivity index (χ0) is 21.8. The van der Waals surface area contributed by atoms with Crippen molar-refractivity contribution in [1.82, 2.24) is 4.90 Å². The Hall–Kier alpha value is -2.86. The molecule has 0 saturated carbocycles. The molecule has 2 aromatic rings. The molecule has 2 aliphatic heterocycles. The van der Waals surface area contributed by atoms with Crippen molar-refractivity contribution >= 4 is 35.2 Å². The van der Waals surface area contributed by atoms with Gasteiger partial charge in [0.2, 0.25) is 5.91 Å². The third-order valence-electron chi connectivity index (χ3n) is 5.65. The first-order chi connectivity index (χ1) is 14.1. The number of carbonyl (C=O) groups excluding carboxylic acids is 3. The molecule has 30 heavy (non-hydrogen) atoms. The van der Waals surface area contributed by atoms with Gasteiger partial charge in [0, 0.05) is 35.7 Å². The molecule has 3 amide bonds. The largest absolute Gasteiger partial charge is 0.443 e. The second-order valence-corrected chi connectivity index (χ2v) is 9.04. The molecular weight excluding hydrogens is 404 g/mol. The van der Waals surface area contributed by atoms with E-state index in [1.54, 1.807) is 58.2 Å². The SMILES string of the molecule is CN1C(=O)[C@@]2(c3ccccc31)[C@@H](c1ccccc1Cl)CC(=O)N2C(=O)OC(C)(C)C. The Labute approximate surface area is 180 Å². The van der Waals surface area contributed by atoms with Crippen molar-refractivity contribution in [3.63, 3.8) is 0 Å². The molecule has 2 aromatic carbocycles. The lowest BCUT2D eigenvalue weighted by Gasteiger charge is -2.37. The van der Waals surface area contributed by atoms with E-state index in [4.69, 9.17) is 16.3 Å². The van der Waals surface area contributed by atoms with Gasteiger partial charge in [0.1, 0.15) is 5.60 Å². The maximum Gasteiger partial charge on any atom is 0.418 e. The lowest BCUT2D eigenvalue weighted by atomic mass is 9.75. The van der Waals surface area contributed by atoms with Crippen molar-refractivity contribution in [2.75, 3.05) is 11.9 Å². The van der Waals surface area contributed by atoms with Gasteiger partial charge in [-0.05, 0) is 38.5 Å². The topological polar surface area (TPSA) is 66.9 Å². The zero-order valence-electron chi connectivity index (χ0n) is 17.3. The van der Waals surface area contributed by atoms with Crippen LogP contribution in [0.25, 0.3) is 0 Å². The van der Waals surface area contributed by atoms with Crippen LogP contribution in [0.1, 0.15) is 44.2 Å². The first-order valence-corrected chi connectivity index (χ1v) is 10.1. The maximum absolute atomic E-state index is 13.8. The monoisotopic (exact) mass is 426 g/mol. The van der Waals surface area contributed by atoms with E-state index in [9.17, 15) is 14.4 Å². The number of likely N-dealkylation sites (N-methyl/N-ethyl adjacent to an activating group) is 1. The molecule has 6 nitrogen and oxygen atoms in total. The number of hydrogen-bond donors (Lipinski definition) is 0. The summed E-state index contributed by atoms with van der Waals surface area (Å²) >= 11 is 6.49. The number of benzene rings is 2. The van der Waals surface area contributed by atoms with Crippen LogP contribution in [-0.4, -0.2) is 35.5 Å². The Morgan fingerprint density at radius 1 is 1.10 bits per heavy atom. The Morgan fingerprint density at radius 2 is 1.73 bits per heavy atom. The van der Waals surface area contributed by atoms with Crippen molar-refractivity contribution in [2.24, 2.45) is 0 Å². The quantitative estimate of drug-likeness (QED) is 0.675. The number of hydrogen-bond acceptors (Lipinski definition) is 4. The predicted octanol–water partition coefficient (Wildman–Crippen LogP) is 4.46. The maximum atomic E-state index is 13.8. The van der Waals surface area contributed by atoms with Crippen molar-refractivity contribution in [3.8, 4) is 0 Å². The molecule has 0 unspecified atom stereocenters. The standard InChI is InChI=1S/C23H23ClN2O4/c1-22(2,3)30-21(29)26-19(27)13-16(14-9-5-7-11-17(14)24)23(26)15-10-6-8-12-18(15)25(4)20(23)28/h5-12,16H,13H2,1-4H3/t16-,23-/m1/s1. The smallest absolute Gasteiger partial charge is 0.418 e. The second-order valence-electron chi connectivity index (χ2n) is 8.64. The molecule has 156 valence electrons. The van der Waals surface area contributed by atoms with Crippen molar-refractivity contribution in [3.05, 3.63) is 64.7 Å². The van der Waals surface area contributed by atoms with E-state index in [2.05, 4.69) is 0 Å². The molecule has 0 bridgehead atoms. The Bertz CT molecular complexity index is 1060. The van der Waals surface area contributed by atoms with Gasteiger partial charge in [0.25, 0.3) is 5.91 Å². The molecule has 1 spiro atoms. The molecular formula is C23H23ClN2O4. The number of amides is 3. The van der Waals surface area contributed by atoms with E-state index in [-0.39, 0.29) is 12.3 Å². The molecule has 4 rings (SSSR count). The normalized spacial score (nSPS) is 23.3. The van der Waals surface area contributed by atoms with Crippen LogP contribution in [0.4, 0.5) is 10.5 Å². The number of anilines is 1. The summed E-state index contributed by atoms with van der Waals surface area (Å²) in [6.45, 7) is 5.17. The number of nitrogens with zero attached hydrogens (tertiary/aromatic N) is 2. The van der Waals surface area contributed by atoms with Crippen LogP contribution < -0.4 is 4.90 Å². The van der Waals surface area contributed by atoms with Gasteiger partial charge in [-0.2, -0.15) is 0 Å². The summed E-state index contributed by atoms with van der Waals surface area (Å²) in [6.07, 6.45) is -0.864. The van der Waals surface area contributed by atoms with Gasteiger partial charge in [0.05, 0.1) is 0 Å². The van der Waals surface area contributed by atoms with Crippen LogP contribution in [0.2, 0.25) is 5.02 Å². The number of carbonyl (C=O) groups is 3. The summed E-state index contributed by atoms with van der Waals surface area (Å²) in [5, 5.41) is 0.445. The summed E-state index contributed by atoms with van der Waals surface area (Å²) in [4.78, 5) is 42.8. The molecule has 2 aliphatic rings. The van der Waals surface area contributed by atoms with E-state index >= 15 is 0 Å². The molecule has 0 radical (unpaired) electrons. The van der Waals surface area contributed by atoms with Crippen LogP contribution in [0.5, 0.6) is 0 Å². The zero-order valence-corrected chi connectivity index (χ0v) is 18.1. The van der Waals surface area contributed by atoms with Gasteiger partial charge < -0.3 is 9.64 Å². The fraction of sp³-hybridized carbons (Fsp3) is 0.348. The van der Waals surface area contributed by atoms with Crippen molar-refractivity contribution in [1.29, 1.82) is 0 Å². The number of halogens is 1. The highest BCUT2D eigenvalue weighted by atomic mass is 35.5. The fourth-order valence-corrected chi connectivity index (χ4v) is 4.80. The van der Waals surface area contributed by atoms with Crippen LogP contribution >= 0.6 is 11.6 Å². The summed E-state index contributed by atoms with van der Waals surface area (Å²) < 4.78 is 5.55. The molecule has 0 N–H and O–H groups in total. The summed E-state index contributed by atoms with van der Waals surface area (Å²) in [5.41, 5.74) is -0.469. The third-order valence-corrected chi connectivity index (χ3v) is 5.99. The van der Waals surface area contributed by atoms with E-state index < -0.39 is 29.1 Å². The molecule has 7 heteroatoms. The minimum Gasteiger partial charge on any atom is -0.443 e. The fourth-order valence-electron chi connectivity index (χ4n) is 4.53. The predicted molar refractivity (Wildman–Crippen MR) is 113 cm³/mol. The third kappa shape index (κ3) is 2.82.